The van der Waals surface area contributed by atoms with Crippen molar-refractivity contribution in [3.63, 3.8) is 0 Å². The molecule has 0 aromatic heterocycles. The van der Waals surface area contributed by atoms with E-state index in [1.54, 1.807) is 4.90 Å². The van der Waals surface area contributed by atoms with Gasteiger partial charge in [-0.1, -0.05) is 19.0 Å². The third-order valence-electron chi connectivity index (χ3n) is 3.55. The van der Waals surface area contributed by atoms with Crippen LogP contribution in [0.3, 0.4) is 0 Å². The average molecular weight is 257 g/mol. The van der Waals surface area contributed by atoms with Gasteiger partial charge in [0.1, 0.15) is 5.41 Å². The van der Waals surface area contributed by atoms with Crippen molar-refractivity contribution in [2.45, 2.75) is 33.1 Å². The van der Waals surface area contributed by atoms with Gasteiger partial charge in [-0.05, 0) is 25.2 Å². The van der Waals surface area contributed by atoms with Crippen LogP contribution in [0, 0.1) is 11.3 Å². The van der Waals surface area contributed by atoms with Gasteiger partial charge >= 0.3 is 0 Å². The highest BCUT2D eigenvalue weighted by Crippen LogP contribution is 2.47. The molecule has 1 aliphatic carbocycles. The lowest BCUT2D eigenvalue weighted by molar-refractivity contribution is -0.145. The number of amides is 1. The van der Waals surface area contributed by atoms with E-state index in [-0.39, 0.29) is 18.3 Å². The fourth-order valence-electron chi connectivity index (χ4n) is 2.73. The van der Waals surface area contributed by atoms with E-state index in [1.165, 1.54) is 0 Å². The van der Waals surface area contributed by atoms with Crippen molar-refractivity contribution in [1.82, 2.24) is 4.90 Å². The summed E-state index contributed by atoms with van der Waals surface area (Å²) >= 11 is 0. The second-order valence-corrected chi connectivity index (χ2v) is 5.10. The van der Waals surface area contributed by atoms with Gasteiger partial charge < -0.3 is 20.9 Å². The van der Waals surface area contributed by atoms with Gasteiger partial charge in [-0.15, -0.1) is 0 Å². The molecule has 0 saturated heterocycles. The molecular formula is C12H23N3O3. The van der Waals surface area contributed by atoms with Crippen LogP contribution in [0.1, 0.15) is 33.1 Å². The number of oxime groups is 1. The molecule has 0 aromatic carbocycles. The summed E-state index contributed by atoms with van der Waals surface area (Å²) < 4.78 is 0. The van der Waals surface area contributed by atoms with E-state index < -0.39 is 5.41 Å². The van der Waals surface area contributed by atoms with Crippen molar-refractivity contribution in [3.05, 3.63) is 0 Å². The summed E-state index contributed by atoms with van der Waals surface area (Å²) in [5, 5.41) is 20.9. The largest absolute Gasteiger partial charge is 0.409 e. The zero-order valence-electron chi connectivity index (χ0n) is 11.1. The van der Waals surface area contributed by atoms with Crippen molar-refractivity contribution in [2.75, 3.05) is 19.7 Å². The summed E-state index contributed by atoms with van der Waals surface area (Å²) in [5.41, 5.74) is 4.83. The molecule has 4 N–H and O–H groups in total. The number of aliphatic hydroxyl groups excluding tert-OH is 1. The van der Waals surface area contributed by atoms with Crippen molar-refractivity contribution in [1.29, 1.82) is 0 Å². The van der Waals surface area contributed by atoms with E-state index in [0.717, 1.165) is 6.42 Å². The average Bonchev–Trinajstić information content (AvgIpc) is 2.32. The molecule has 1 amide bonds. The van der Waals surface area contributed by atoms with Gasteiger partial charge in [0.15, 0.2) is 5.84 Å². The fraction of sp³-hybridized carbons (Fsp3) is 0.833. The lowest BCUT2D eigenvalue weighted by atomic mass is 9.61. The second kappa shape index (κ2) is 6.04. The summed E-state index contributed by atoms with van der Waals surface area (Å²) in [4.78, 5) is 14.1. The van der Waals surface area contributed by atoms with Crippen molar-refractivity contribution < 1.29 is 15.1 Å². The van der Waals surface area contributed by atoms with Gasteiger partial charge in [0, 0.05) is 13.1 Å². The Labute approximate surface area is 107 Å². The Morgan fingerprint density at radius 2 is 2.11 bits per heavy atom. The van der Waals surface area contributed by atoms with Gasteiger partial charge in [-0.25, -0.2) is 0 Å². The summed E-state index contributed by atoms with van der Waals surface area (Å²) in [6.07, 6.45) is 2.02. The number of rotatable bonds is 6. The Kier molecular flexibility index (Phi) is 4.95. The molecule has 0 aromatic rings. The number of aliphatic hydroxyl groups is 1. The first-order valence-electron chi connectivity index (χ1n) is 6.40. The quantitative estimate of drug-likeness (QED) is 0.277. The van der Waals surface area contributed by atoms with E-state index in [4.69, 9.17) is 16.0 Å². The highest BCUT2D eigenvalue weighted by molar-refractivity contribution is 6.07. The Morgan fingerprint density at radius 3 is 2.50 bits per heavy atom. The van der Waals surface area contributed by atoms with Gasteiger partial charge in [-0.3, -0.25) is 4.79 Å². The first-order valence-corrected chi connectivity index (χ1v) is 6.40. The molecule has 0 unspecified atom stereocenters. The molecule has 104 valence electrons. The van der Waals surface area contributed by atoms with Crippen LogP contribution in [0.5, 0.6) is 0 Å². The predicted octanol–water partition coefficient (Wildman–Crippen LogP) is 0.380. The van der Waals surface area contributed by atoms with Crippen LogP contribution < -0.4 is 5.73 Å². The first-order chi connectivity index (χ1) is 8.51. The minimum absolute atomic E-state index is 0.00959. The molecular weight excluding hydrogens is 234 g/mol. The van der Waals surface area contributed by atoms with Crippen molar-refractivity contribution in [3.8, 4) is 0 Å². The van der Waals surface area contributed by atoms with Crippen LogP contribution in [-0.4, -0.2) is 46.7 Å². The molecule has 1 rings (SSSR count). The maximum Gasteiger partial charge on any atom is 0.236 e. The molecule has 0 atom stereocenters. The smallest absolute Gasteiger partial charge is 0.236 e. The van der Waals surface area contributed by atoms with Crippen molar-refractivity contribution in [2.24, 2.45) is 22.2 Å². The number of nitrogens with zero attached hydrogens (tertiary/aromatic N) is 2. The van der Waals surface area contributed by atoms with Gasteiger partial charge in [0.2, 0.25) is 5.91 Å². The molecule has 0 aliphatic heterocycles. The fourth-order valence-corrected chi connectivity index (χ4v) is 2.73. The van der Waals surface area contributed by atoms with Crippen LogP contribution in [0.15, 0.2) is 5.16 Å². The Balaban J connectivity index is 2.89. The van der Waals surface area contributed by atoms with E-state index in [0.29, 0.717) is 31.8 Å². The maximum absolute atomic E-state index is 12.5. The van der Waals surface area contributed by atoms with Gasteiger partial charge in [0.25, 0.3) is 0 Å². The Hall–Kier alpha value is -1.30. The standard InChI is InChI=1S/C12H23N3O3/c1-3-4-15(5-6-16)11(17)12(10(13)14-18)7-9(2)8-12/h9,16,18H,3-8H2,1-2H3,(H2,13,14). The summed E-state index contributed by atoms with van der Waals surface area (Å²) in [7, 11) is 0. The number of hydrogen-bond donors (Lipinski definition) is 3. The SMILES string of the molecule is CCCN(CCO)C(=O)C1(C(N)=NO)CC(C)C1. The third kappa shape index (κ3) is 2.58. The maximum atomic E-state index is 12.5. The number of hydrogen-bond acceptors (Lipinski definition) is 4. The van der Waals surface area contributed by atoms with Gasteiger partial charge in [0.05, 0.1) is 6.61 Å². The van der Waals surface area contributed by atoms with E-state index >= 15 is 0 Å². The Bertz CT molecular complexity index is 319. The minimum Gasteiger partial charge on any atom is -0.409 e. The molecule has 0 heterocycles. The molecule has 0 spiro atoms. The van der Waals surface area contributed by atoms with Crippen LogP contribution >= 0.6 is 0 Å². The topological polar surface area (TPSA) is 99.2 Å². The third-order valence-corrected chi connectivity index (χ3v) is 3.55. The highest BCUT2D eigenvalue weighted by Gasteiger charge is 2.53. The lowest BCUT2D eigenvalue weighted by Gasteiger charge is -2.46. The number of nitrogens with two attached hydrogens (primary N) is 1. The normalized spacial score (nSPS) is 27.7. The summed E-state index contributed by atoms with van der Waals surface area (Å²) in [6, 6.07) is 0. The van der Waals surface area contributed by atoms with Crippen LogP contribution in [0.25, 0.3) is 0 Å². The second-order valence-electron chi connectivity index (χ2n) is 5.10. The molecule has 18 heavy (non-hydrogen) atoms. The highest BCUT2D eigenvalue weighted by atomic mass is 16.4. The zero-order chi connectivity index (χ0) is 13.8. The van der Waals surface area contributed by atoms with Crippen LogP contribution in [0.2, 0.25) is 0 Å². The molecule has 6 heteroatoms. The summed E-state index contributed by atoms with van der Waals surface area (Å²) in [5.74, 6) is 0.253. The van der Waals surface area contributed by atoms with E-state index in [2.05, 4.69) is 5.16 Å². The molecule has 1 aliphatic rings. The molecule has 6 nitrogen and oxygen atoms in total. The first kappa shape index (κ1) is 14.8. The van der Waals surface area contributed by atoms with Crippen LogP contribution in [-0.2, 0) is 4.79 Å². The molecule has 1 fully saturated rings. The zero-order valence-corrected chi connectivity index (χ0v) is 11.1. The number of carbonyl (C=O) groups excluding carboxylic acids is 1. The molecule has 0 radical (unpaired) electrons. The van der Waals surface area contributed by atoms with E-state index in [9.17, 15) is 4.79 Å². The molecule has 1 saturated carbocycles. The predicted molar refractivity (Wildman–Crippen MR) is 68.2 cm³/mol. The monoisotopic (exact) mass is 257 g/mol. The lowest BCUT2D eigenvalue weighted by Crippen LogP contribution is -2.58. The summed E-state index contributed by atoms with van der Waals surface area (Å²) in [6.45, 7) is 4.80. The minimum atomic E-state index is -0.863. The van der Waals surface area contributed by atoms with Crippen LogP contribution in [0.4, 0.5) is 0 Å². The van der Waals surface area contributed by atoms with E-state index in [1.807, 2.05) is 13.8 Å². The molecule has 0 bridgehead atoms. The van der Waals surface area contributed by atoms with Crippen molar-refractivity contribution >= 4 is 11.7 Å². The number of amidine groups is 1. The van der Waals surface area contributed by atoms with Gasteiger partial charge in [-0.2, -0.15) is 0 Å². The Morgan fingerprint density at radius 1 is 1.50 bits per heavy atom. The number of carbonyl (C=O) groups is 1.